The van der Waals surface area contributed by atoms with Crippen LogP contribution in [0.1, 0.15) is 33.1 Å². The van der Waals surface area contributed by atoms with Crippen LogP contribution in [0, 0.1) is 5.92 Å². The molecule has 0 aliphatic heterocycles. The first kappa shape index (κ1) is 10.6. The molecule has 0 bridgehead atoms. The average Bonchev–Trinajstić information content (AvgIpc) is 2.03. The van der Waals surface area contributed by atoms with Crippen molar-refractivity contribution in [3.05, 3.63) is 12.2 Å². The number of oxime groups is 1. The Balaban J connectivity index is 2.76. The van der Waals surface area contributed by atoms with E-state index in [1.165, 1.54) is 0 Å². The highest BCUT2D eigenvalue weighted by molar-refractivity contribution is 6.36. The molecule has 1 rings (SSSR count). The maximum atomic E-state index is 8.80. The number of rotatable bonds is 1. The summed E-state index contributed by atoms with van der Waals surface area (Å²) in [4.78, 5) is -0.458. The molecule has 0 amide bonds. The third kappa shape index (κ3) is 2.25. The normalized spacial score (nSPS) is 37.8. The van der Waals surface area contributed by atoms with Crippen molar-refractivity contribution >= 4 is 17.3 Å². The van der Waals surface area contributed by atoms with E-state index in [4.69, 9.17) is 16.8 Å². The number of alkyl halides is 1. The topological polar surface area (TPSA) is 32.6 Å². The molecule has 0 radical (unpaired) electrons. The molecule has 0 spiro atoms. The Bertz CT molecular complexity index is 245. The van der Waals surface area contributed by atoms with Gasteiger partial charge < -0.3 is 5.21 Å². The summed E-state index contributed by atoms with van der Waals surface area (Å²) < 4.78 is 0. The van der Waals surface area contributed by atoms with Gasteiger partial charge >= 0.3 is 0 Å². The predicted octanol–water partition coefficient (Wildman–Crippen LogP) is 3.19. The lowest BCUT2D eigenvalue weighted by Gasteiger charge is -2.33. The molecule has 1 saturated carbocycles. The molecule has 13 heavy (non-hydrogen) atoms. The van der Waals surface area contributed by atoms with Crippen LogP contribution < -0.4 is 0 Å². The standard InChI is InChI=1S/C10H16ClNO/c1-7(2)8-4-5-10(3,11)9(6-8)12-13/h8,13H,1,4-6H2,2-3H3. The van der Waals surface area contributed by atoms with E-state index in [1.807, 2.05) is 13.8 Å². The van der Waals surface area contributed by atoms with Crippen LogP contribution in [0.4, 0.5) is 0 Å². The smallest absolute Gasteiger partial charge is 0.0832 e. The highest BCUT2D eigenvalue weighted by Crippen LogP contribution is 2.37. The van der Waals surface area contributed by atoms with Crippen LogP contribution in [0.5, 0.6) is 0 Å². The third-order valence-electron chi connectivity index (χ3n) is 2.82. The fraction of sp³-hybridized carbons (Fsp3) is 0.700. The van der Waals surface area contributed by atoms with Gasteiger partial charge in [0.15, 0.2) is 0 Å². The summed E-state index contributed by atoms with van der Waals surface area (Å²) >= 11 is 6.19. The van der Waals surface area contributed by atoms with E-state index in [0.29, 0.717) is 11.6 Å². The molecule has 1 aliphatic carbocycles. The predicted molar refractivity (Wildman–Crippen MR) is 55.6 cm³/mol. The molecule has 2 atom stereocenters. The molecule has 0 aromatic heterocycles. The summed E-state index contributed by atoms with van der Waals surface area (Å²) in [7, 11) is 0. The van der Waals surface area contributed by atoms with Gasteiger partial charge in [0.05, 0.1) is 10.6 Å². The van der Waals surface area contributed by atoms with Gasteiger partial charge in [0.25, 0.3) is 0 Å². The van der Waals surface area contributed by atoms with Crippen molar-refractivity contribution in [3.63, 3.8) is 0 Å². The largest absolute Gasteiger partial charge is 0.411 e. The molecule has 1 aliphatic rings. The van der Waals surface area contributed by atoms with Crippen LogP contribution >= 0.6 is 11.6 Å². The van der Waals surface area contributed by atoms with E-state index in [0.717, 1.165) is 24.8 Å². The van der Waals surface area contributed by atoms with E-state index >= 15 is 0 Å². The summed E-state index contributed by atoms with van der Waals surface area (Å²) in [5.41, 5.74) is 1.83. The lowest BCUT2D eigenvalue weighted by molar-refractivity contribution is 0.308. The van der Waals surface area contributed by atoms with Gasteiger partial charge in [-0.25, -0.2) is 0 Å². The number of allylic oxidation sites excluding steroid dienone is 1. The molecular weight excluding hydrogens is 186 g/mol. The molecule has 74 valence electrons. The first-order chi connectivity index (χ1) is 5.97. The van der Waals surface area contributed by atoms with Crippen LogP contribution in [0.25, 0.3) is 0 Å². The van der Waals surface area contributed by atoms with Crippen molar-refractivity contribution in [1.82, 2.24) is 0 Å². The van der Waals surface area contributed by atoms with E-state index in [9.17, 15) is 0 Å². The van der Waals surface area contributed by atoms with Crippen molar-refractivity contribution in [3.8, 4) is 0 Å². The average molecular weight is 202 g/mol. The van der Waals surface area contributed by atoms with Gasteiger partial charge in [0.1, 0.15) is 0 Å². The Labute approximate surface area is 84.3 Å². The van der Waals surface area contributed by atoms with Crippen LogP contribution in [0.15, 0.2) is 17.3 Å². The zero-order chi connectivity index (χ0) is 10.1. The minimum atomic E-state index is -0.458. The van der Waals surface area contributed by atoms with Crippen molar-refractivity contribution < 1.29 is 5.21 Å². The summed E-state index contributed by atoms with van der Waals surface area (Å²) in [5, 5.41) is 12.1. The Kier molecular flexibility index (Phi) is 3.01. The van der Waals surface area contributed by atoms with Gasteiger partial charge in [0.2, 0.25) is 0 Å². The van der Waals surface area contributed by atoms with E-state index in [2.05, 4.69) is 11.7 Å². The summed E-state index contributed by atoms with van der Waals surface area (Å²) in [5.74, 6) is 0.428. The van der Waals surface area contributed by atoms with E-state index < -0.39 is 4.87 Å². The quantitative estimate of drug-likeness (QED) is 0.301. The minimum absolute atomic E-state index is 0.428. The summed E-state index contributed by atoms with van der Waals surface area (Å²) in [6, 6.07) is 0. The van der Waals surface area contributed by atoms with E-state index in [-0.39, 0.29) is 0 Å². The van der Waals surface area contributed by atoms with Crippen LogP contribution in [-0.4, -0.2) is 15.8 Å². The molecule has 1 N–H and O–H groups in total. The second-order valence-corrected chi connectivity index (χ2v) is 4.86. The fourth-order valence-electron chi connectivity index (χ4n) is 1.70. The van der Waals surface area contributed by atoms with Crippen LogP contribution in [0.2, 0.25) is 0 Å². The number of halogens is 1. The number of hydrogen-bond acceptors (Lipinski definition) is 2. The summed E-state index contributed by atoms with van der Waals surface area (Å²) in [6.45, 7) is 7.83. The molecule has 0 aromatic rings. The fourth-order valence-corrected chi connectivity index (χ4v) is 1.93. The van der Waals surface area contributed by atoms with Crippen molar-refractivity contribution in [2.75, 3.05) is 0 Å². The molecule has 0 saturated heterocycles. The molecule has 0 heterocycles. The van der Waals surface area contributed by atoms with Gasteiger partial charge in [-0.1, -0.05) is 17.3 Å². The molecule has 3 heteroatoms. The molecule has 1 fully saturated rings. The lowest BCUT2D eigenvalue weighted by atomic mass is 9.78. The SMILES string of the molecule is C=C(C)C1CCC(C)(Cl)C(=NO)C1. The molecular formula is C10H16ClNO. The van der Waals surface area contributed by atoms with Gasteiger partial charge in [-0.2, -0.15) is 0 Å². The van der Waals surface area contributed by atoms with Gasteiger partial charge in [0, 0.05) is 0 Å². The van der Waals surface area contributed by atoms with Crippen molar-refractivity contribution in [2.24, 2.45) is 11.1 Å². The monoisotopic (exact) mass is 201 g/mol. The highest BCUT2D eigenvalue weighted by atomic mass is 35.5. The Morgan fingerprint density at radius 1 is 1.77 bits per heavy atom. The van der Waals surface area contributed by atoms with Gasteiger partial charge in [-0.15, -0.1) is 11.6 Å². The summed E-state index contributed by atoms with van der Waals surface area (Å²) in [6.07, 6.45) is 2.63. The zero-order valence-corrected chi connectivity index (χ0v) is 8.93. The Morgan fingerprint density at radius 3 is 2.85 bits per heavy atom. The second-order valence-electron chi connectivity index (χ2n) is 4.03. The zero-order valence-electron chi connectivity index (χ0n) is 8.18. The highest BCUT2D eigenvalue weighted by Gasteiger charge is 2.35. The number of hydrogen-bond donors (Lipinski definition) is 1. The Morgan fingerprint density at radius 2 is 2.38 bits per heavy atom. The maximum Gasteiger partial charge on any atom is 0.0832 e. The molecule has 0 aromatic carbocycles. The van der Waals surface area contributed by atoms with E-state index in [1.54, 1.807) is 0 Å². The Hall–Kier alpha value is -0.500. The molecule has 2 unspecified atom stereocenters. The van der Waals surface area contributed by atoms with Crippen LogP contribution in [-0.2, 0) is 0 Å². The van der Waals surface area contributed by atoms with Gasteiger partial charge in [-0.05, 0) is 39.0 Å². The van der Waals surface area contributed by atoms with Crippen molar-refractivity contribution in [1.29, 1.82) is 0 Å². The lowest BCUT2D eigenvalue weighted by Crippen LogP contribution is -2.36. The molecule has 2 nitrogen and oxygen atoms in total. The first-order valence-electron chi connectivity index (χ1n) is 4.53. The first-order valence-corrected chi connectivity index (χ1v) is 4.91. The van der Waals surface area contributed by atoms with Gasteiger partial charge in [-0.3, -0.25) is 0 Å². The van der Waals surface area contributed by atoms with Crippen LogP contribution in [0.3, 0.4) is 0 Å². The second kappa shape index (κ2) is 3.70. The maximum absolute atomic E-state index is 8.80. The minimum Gasteiger partial charge on any atom is -0.411 e. The number of nitrogens with zero attached hydrogens (tertiary/aromatic N) is 1. The third-order valence-corrected chi connectivity index (χ3v) is 3.23. The van der Waals surface area contributed by atoms with Crippen molar-refractivity contribution in [2.45, 2.75) is 38.0 Å².